The lowest BCUT2D eigenvalue weighted by atomic mass is 10.3. The number of hydrogen-bond acceptors (Lipinski definition) is 3. The molecule has 0 unspecified atom stereocenters. The highest BCUT2D eigenvalue weighted by Gasteiger charge is 2.03. The van der Waals surface area contributed by atoms with E-state index in [9.17, 15) is 4.79 Å². The van der Waals surface area contributed by atoms with Gasteiger partial charge in [0.25, 0.3) is 0 Å². The molecule has 0 radical (unpaired) electrons. The number of thioether (sulfide) groups is 1. The Morgan fingerprint density at radius 2 is 1.96 bits per heavy atom. The van der Waals surface area contributed by atoms with Gasteiger partial charge in [0.1, 0.15) is 0 Å². The summed E-state index contributed by atoms with van der Waals surface area (Å²) in [7, 11) is 0. The molecule has 0 aliphatic rings. The average molecular weight is 515 g/mol. The first-order valence-electron chi connectivity index (χ1n) is 7.22. The van der Waals surface area contributed by atoms with Gasteiger partial charge in [-0.3, -0.25) is 9.79 Å². The molecule has 0 aliphatic heterocycles. The number of carbonyl (C=O) groups is 1. The summed E-state index contributed by atoms with van der Waals surface area (Å²) in [6.45, 7) is 4.14. The second-order valence-corrected chi connectivity index (χ2v) is 6.39. The summed E-state index contributed by atoms with van der Waals surface area (Å²) in [6, 6.07) is 7.53. The van der Waals surface area contributed by atoms with Crippen molar-refractivity contribution in [2.24, 2.45) is 4.99 Å². The molecule has 1 aromatic carbocycles. The zero-order chi connectivity index (χ0) is 16.2. The Kier molecular flexibility index (Phi) is 13.6. The first-order valence-corrected chi connectivity index (χ1v) is 9.41. The van der Waals surface area contributed by atoms with E-state index in [4.69, 9.17) is 0 Å². The molecular weight excluding hydrogens is 491 g/mol. The predicted molar refractivity (Wildman–Crippen MR) is 115 cm³/mol. The monoisotopic (exact) mass is 514 g/mol. The van der Waals surface area contributed by atoms with Crippen LogP contribution >= 0.6 is 51.7 Å². The van der Waals surface area contributed by atoms with E-state index in [0.29, 0.717) is 13.0 Å². The number of amides is 1. The van der Waals surface area contributed by atoms with Gasteiger partial charge in [0.05, 0.1) is 6.54 Å². The van der Waals surface area contributed by atoms with Gasteiger partial charge >= 0.3 is 0 Å². The maximum absolute atomic E-state index is 11.9. The lowest BCUT2D eigenvalue weighted by molar-refractivity contribution is -0.116. The molecule has 0 saturated heterocycles. The fourth-order valence-corrected chi connectivity index (χ4v) is 2.18. The lowest BCUT2D eigenvalue weighted by Crippen LogP contribution is -2.38. The van der Waals surface area contributed by atoms with Crippen molar-refractivity contribution in [3.05, 3.63) is 28.7 Å². The maximum Gasteiger partial charge on any atom is 0.226 e. The van der Waals surface area contributed by atoms with Gasteiger partial charge in [0, 0.05) is 35.4 Å². The summed E-state index contributed by atoms with van der Waals surface area (Å²) in [5, 5.41) is 9.19. The van der Waals surface area contributed by atoms with Gasteiger partial charge in [-0.05, 0) is 37.4 Å². The summed E-state index contributed by atoms with van der Waals surface area (Å²) in [5.41, 5.74) is 0.800. The average Bonchev–Trinajstić information content (AvgIpc) is 2.50. The number of hydrogen-bond donors (Lipinski definition) is 3. The fraction of sp³-hybridized carbons (Fsp3) is 0.467. The van der Waals surface area contributed by atoms with Gasteiger partial charge < -0.3 is 16.0 Å². The third-order valence-electron chi connectivity index (χ3n) is 2.68. The number of aliphatic imine (C=N–C) groups is 1. The van der Waals surface area contributed by atoms with Crippen molar-refractivity contribution in [3.63, 3.8) is 0 Å². The number of carbonyl (C=O) groups excluding carboxylic acids is 1. The highest BCUT2D eigenvalue weighted by atomic mass is 127. The highest BCUT2D eigenvalue weighted by Crippen LogP contribution is 2.14. The Hall–Kier alpha value is -0.480. The minimum absolute atomic E-state index is 0. The number of nitrogens with zero attached hydrogens (tertiary/aromatic N) is 1. The molecule has 0 heterocycles. The first-order chi connectivity index (χ1) is 10.7. The second kappa shape index (κ2) is 13.9. The molecule has 0 atom stereocenters. The zero-order valence-electron chi connectivity index (χ0n) is 13.4. The maximum atomic E-state index is 11.9. The molecule has 5 nitrogen and oxygen atoms in total. The minimum atomic E-state index is -0.0187. The van der Waals surface area contributed by atoms with E-state index in [-0.39, 0.29) is 29.9 Å². The van der Waals surface area contributed by atoms with Crippen molar-refractivity contribution in [2.45, 2.75) is 13.3 Å². The fourth-order valence-electron chi connectivity index (χ4n) is 1.64. The summed E-state index contributed by atoms with van der Waals surface area (Å²) in [6.07, 6.45) is 2.45. The van der Waals surface area contributed by atoms with E-state index in [1.807, 2.05) is 31.2 Å². The Labute approximate surface area is 168 Å². The topological polar surface area (TPSA) is 65.5 Å². The zero-order valence-corrected chi connectivity index (χ0v) is 18.1. The number of rotatable bonds is 8. The van der Waals surface area contributed by atoms with Crippen molar-refractivity contribution >= 4 is 69.2 Å². The number of benzene rings is 1. The van der Waals surface area contributed by atoms with Crippen LogP contribution in [0.1, 0.15) is 13.3 Å². The quantitative estimate of drug-likeness (QED) is 0.215. The highest BCUT2D eigenvalue weighted by molar-refractivity contribution is 14.0. The largest absolute Gasteiger partial charge is 0.357 e. The van der Waals surface area contributed by atoms with E-state index in [2.05, 4.69) is 43.1 Å². The molecule has 0 aromatic heterocycles. The van der Waals surface area contributed by atoms with Crippen LogP contribution in [0.25, 0.3) is 0 Å². The van der Waals surface area contributed by atoms with Crippen LogP contribution in [0.3, 0.4) is 0 Å². The molecule has 0 bridgehead atoms. The Balaban J connectivity index is 0.00000484. The molecule has 0 spiro atoms. The van der Waals surface area contributed by atoms with Crippen LogP contribution in [0.5, 0.6) is 0 Å². The molecule has 3 N–H and O–H groups in total. The minimum Gasteiger partial charge on any atom is -0.357 e. The van der Waals surface area contributed by atoms with Crippen molar-refractivity contribution in [2.75, 3.05) is 37.0 Å². The van der Waals surface area contributed by atoms with E-state index >= 15 is 0 Å². The van der Waals surface area contributed by atoms with Crippen molar-refractivity contribution in [1.82, 2.24) is 10.6 Å². The van der Waals surface area contributed by atoms with Gasteiger partial charge in [0.2, 0.25) is 5.91 Å². The molecule has 130 valence electrons. The van der Waals surface area contributed by atoms with Crippen LogP contribution in [0.2, 0.25) is 0 Å². The molecule has 1 rings (SSSR count). The SMILES string of the molecule is CCNC(=NCCSC)NCCC(=O)Nc1ccc(Br)cc1.I. The molecule has 0 saturated carbocycles. The van der Waals surface area contributed by atoms with Gasteiger partial charge in [-0.2, -0.15) is 11.8 Å². The number of guanidine groups is 1. The van der Waals surface area contributed by atoms with Crippen LogP contribution in [0, 0.1) is 0 Å². The Bertz CT molecular complexity index is 485. The number of halogens is 2. The molecule has 1 aromatic rings. The summed E-state index contributed by atoms with van der Waals surface area (Å²) >= 11 is 5.13. The molecular formula is C15H24BrIN4OS. The van der Waals surface area contributed by atoms with Crippen LogP contribution in [0.15, 0.2) is 33.7 Å². The third-order valence-corrected chi connectivity index (χ3v) is 3.80. The van der Waals surface area contributed by atoms with Gasteiger partial charge in [-0.1, -0.05) is 15.9 Å². The van der Waals surface area contributed by atoms with E-state index < -0.39 is 0 Å². The smallest absolute Gasteiger partial charge is 0.226 e. The third kappa shape index (κ3) is 10.8. The van der Waals surface area contributed by atoms with Crippen LogP contribution < -0.4 is 16.0 Å². The summed E-state index contributed by atoms with van der Waals surface area (Å²) < 4.78 is 0.990. The summed E-state index contributed by atoms with van der Waals surface area (Å²) in [5.74, 6) is 1.73. The van der Waals surface area contributed by atoms with E-state index in [0.717, 1.165) is 35.0 Å². The Morgan fingerprint density at radius 1 is 1.26 bits per heavy atom. The van der Waals surface area contributed by atoms with Crippen LogP contribution in [0.4, 0.5) is 5.69 Å². The van der Waals surface area contributed by atoms with Gasteiger partial charge in [0.15, 0.2) is 5.96 Å². The predicted octanol–water partition coefficient (Wildman–Crippen LogP) is 3.31. The Morgan fingerprint density at radius 3 is 2.57 bits per heavy atom. The van der Waals surface area contributed by atoms with Crippen LogP contribution in [-0.4, -0.2) is 43.5 Å². The molecule has 1 amide bonds. The lowest BCUT2D eigenvalue weighted by Gasteiger charge is -2.11. The normalized spacial score (nSPS) is 10.7. The first kappa shape index (κ1) is 22.5. The summed E-state index contributed by atoms with van der Waals surface area (Å²) in [4.78, 5) is 16.3. The number of anilines is 1. The molecule has 0 aliphatic carbocycles. The van der Waals surface area contributed by atoms with E-state index in [1.165, 1.54) is 0 Å². The van der Waals surface area contributed by atoms with E-state index in [1.54, 1.807) is 11.8 Å². The second-order valence-electron chi connectivity index (χ2n) is 4.49. The molecule has 8 heteroatoms. The molecule has 0 fully saturated rings. The van der Waals surface area contributed by atoms with Crippen molar-refractivity contribution in [3.8, 4) is 0 Å². The van der Waals surface area contributed by atoms with Gasteiger partial charge in [-0.25, -0.2) is 0 Å². The van der Waals surface area contributed by atoms with Crippen molar-refractivity contribution in [1.29, 1.82) is 0 Å². The van der Waals surface area contributed by atoms with Gasteiger partial charge in [-0.15, -0.1) is 24.0 Å². The van der Waals surface area contributed by atoms with Crippen LogP contribution in [-0.2, 0) is 4.79 Å². The standard InChI is InChI=1S/C15H23BrN4OS.HI/c1-3-17-15(19-10-11-22-2)18-9-8-14(21)20-13-6-4-12(16)5-7-13;/h4-7H,3,8-11H2,1-2H3,(H,20,21)(H2,17,18,19);1H. The van der Waals surface area contributed by atoms with Crippen molar-refractivity contribution < 1.29 is 4.79 Å². The number of nitrogens with one attached hydrogen (secondary N) is 3. The molecule has 23 heavy (non-hydrogen) atoms.